The molecule has 1 aromatic rings. The van der Waals surface area contributed by atoms with E-state index in [-0.39, 0.29) is 11.0 Å². The molecule has 0 spiro atoms. The number of alkyl halides is 3. The van der Waals surface area contributed by atoms with E-state index >= 15 is 0 Å². The van der Waals surface area contributed by atoms with E-state index in [0.717, 1.165) is 32.0 Å². The van der Waals surface area contributed by atoms with Crippen LogP contribution < -0.4 is 10.6 Å². The second kappa shape index (κ2) is 5.24. The normalized spacial score (nSPS) is 18.6. The number of hydrogen-bond donors (Lipinski definition) is 2. The van der Waals surface area contributed by atoms with E-state index in [0.29, 0.717) is 5.69 Å². The fraction of sp³-hybridized carbons (Fsp3) is 0.533. The number of halogens is 3. The number of hydrogen-bond acceptors (Lipinski definition) is 2. The van der Waals surface area contributed by atoms with Crippen molar-refractivity contribution in [2.75, 3.05) is 18.0 Å². The molecule has 116 valence electrons. The van der Waals surface area contributed by atoms with Crippen LogP contribution in [0.15, 0.2) is 18.2 Å². The maximum atomic E-state index is 12.9. The lowest BCUT2D eigenvalue weighted by Gasteiger charge is -2.38. The van der Waals surface area contributed by atoms with Crippen LogP contribution in [0, 0.1) is 10.8 Å². The third kappa shape index (κ3) is 3.49. The van der Waals surface area contributed by atoms with E-state index in [2.05, 4.69) is 18.7 Å². The Morgan fingerprint density at radius 2 is 1.81 bits per heavy atom. The number of nitrogens with two attached hydrogens (primary N) is 1. The van der Waals surface area contributed by atoms with Crippen LogP contribution in [0.1, 0.15) is 37.8 Å². The van der Waals surface area contributed by atoms with Crippen molar-refractivity contribution < 1.29 is 13.2 Å². The minimum atomic E-state index is -4.50. The van der Waals surface area contributed by atoms with Gasteiger partial charge in [0.1, 0.15) is 5.84 Å². The van der Waals surface area contributed by atoms with E-state index in [1.54, 1.807) is 0 Å². The number of benzene rings is 1. The first-order valence-electron chi connectivity index (χ1n) is 6.91. The van der Waals surface area contributed by atoms with Gasteiger partial charge < -0.3 is 10.6 Å². The van der Waals surface area contributed by atoms with Crippen LogP contribution in [-0.4, -0.2) is 18.9 Å². The number of rotatable bonds is 2. The van der Waals surface area contributed by atoms with Crippen molar-refractivity contribution in [1.29, 1.82) is 5.41 Å². The molecule has 3 nitrogen and oxygen atoms in total. The molecular weight excluding hydrogens is 279 g/mol. The van der Waals surface area contributed by atoms with E-state index < -0.39 is 17.6 Å². The third-order valence-electron chi connectivity index (χ3n) is 4.08. The number of nitrogen functional groups attached to an aromatic ring is 1. The van der Waals surface area contributed by atoms with Crippen LogP contribution in [-0.2, 0) is 6.18 Å². The summed E-state index contributed by atoms with van der Waals surface area (Å²) in [6.07, 6.45) is -2.52. The van der Waals surface area contributed by atoms with Crippen LogP contribution in [0.2, 0.25) is 0 Å². The minimum Gasteiger partial charge on any atom is -0.384 e. The molecule has 21 heavy (non-hydrogen) atoms. The molecule has 0 aromatic heterocycles. The molecule has 0 bridgehead atoms. The summed E-state index contributed by atoms with van der Waals surface area (Å²) in [4.78, 5) is 2.05. The number of anilines is 1. The van der Waals surface area contributed by atoms with Crippen molar-refractivity contribution >= 4 is 11.5 Å². The van der Waals surface area contributed by atoms with Gasteiger partial charge in [0.2, 0.25) is 0 Å². The van der Waals surface area contributed by atoms with E-state index in [1.165, 1.54) is 12.1 Å². The Labute approximate surface area is 122 Å². The van der Waals surface area contributed by atoms with Crippen LogP contribution in [0.3, 0.4) is 0 Å². The minimum absolute atomic E-state index is 0.246. The number of nitrogens with one attached hydrogen (secondary N) is 1. The molecule has 1 saturated heterocycles. The first kappa shape index (κ1) is 15.7. The Balaban J connectivity index is 2.31. The molecule has 1 heterocycles. The van der Waals surface area contributed by atoms with Gasteiger partial charge in [-0.1, -0.05) is 13.8 Å². The largest absolute Gasteiger partial charge is 0.417 e. The monoisotopic (exact) mass is 299 g/mol. The Morgan fingerprint density at radius 3 is 2.29 bits per heavy atom. The van der Waals surface area contributed by atoms with Gasteiger partial charge in [-0.25, -0.2) is 0 Å². The zero-order valence-corrected chi connectivity index (χ0v) is 12.2. The number of amidine groups is 1. The van der Waals surface area contributed by atoms with Crippen LogP contribution in [0.25, 0.3) is 0 Å². The molecule has 1 fully saturated rings. The summed E-state index contributed by atoms with van der Waals surface area (Å²) in [5.74, 6) is -0.554. The van der Waals surface area contributed by atoms with Gasteiger partial charge in [0.05, 0.1) is 5.56 Å². The van der Waals surface area contributed by atoms with Gasteiger partial charge >= 0.3 is 6.18 Å². The maximum absolute atomic E-state index is 12.9. The lowest BCUT2D eigenvalue weighted by Crippen LogP contribution is -2.37. The predicted octanol–water partition coefficient (Wildman–Crippen LogP) is 3.62. The number of nitrogens with zero attached hydrogens (tertiary/aromatic N) is 1. The predicted molar refractivity (Wildman–Crippen MR) is 77.7 cm³/mol. The zero-order valence-electron chi connectivity index (χ0n) is 12.2. The van der Waals surface area contributed by atoms with E-state index in [4.69, 9.17) is 11.1 Å². The standard InChI is InChI=1S/C15H20F3N3/c1-14(2)5-7-21(8-6-14)10-3-4-12(15(16,17)18)11(9-10)13(19)20/h3-4,9H,5-8H2,1-2H3,(H3,19,20). The fourth-order valence-corrected chi connectivity index (χ4v) is 2.57. The van der Waals surface area contributed by atoms with Crippen molar-refractivity contribution in [2.45, 2.75) is 32.9 Å². The molecule has 1 aliphatic rings. The molecule has 0 atom stereocenters. The molecule has 0 aliphatic carbocycles. The highest BCUT2D eigenvalue weighted by molar-refractivity contribution is 5.97. The second-order valence-corrected chi connectivity index (χ2v) is 6.29. The van der Waals surface area contributed by atoms with Crippen LogP contribution >= 0.6 is 0 Å². The summed E-state index contributed by atoms with van der Waals surface area (Å²) in [5, 5.41) is 7.39. The summed E-state index contributed by atoms with van der Waals surface area (Å²) in [7, 11) is 0. The van der Waals surface area contributed by atoms with Crippen molar-refractivity contribution in [3.05, 3.63) is 29.3 Å². The van der Waals surface area contributed by atoms with Crippen LogP contribution in [0.4, 0.5) is 18.9 Å². The van der Waals surface area contributed by atoms with Gasteiger partial charge in [0, 0.05) is 24.3 Å². The highest BCUT2D eigenvalue weighted by atomic mass is 19.4. The van der Waals surface area contributed by atoms with E-state index in [1.807, 2.05) is 0 Å². The van der Waals surface area contributed by atoms with Gasteiger partial charge in [-0.05, 0) is 36.5 Å². The second-order valence-electron chi connectivity index (χ2n) is 6.29. The molecular formula is C15H20F3N3. The van der Waals surface area contributed by atoms with Crippen LogP contribution in [0.5, 0.6) is 0 Å². The Morgan fingerprint density at radius 1 is 1.24 bits per heavy atom. The lowest BCUT2D eigenvalue weighted by atomic mass is 9.82. The van der Waals surface area contributed by atoms with Gasteiger partial charge in [-0.3, -0.25) is 5.41 Å². The topological polar surface area (TPSA) is 53.1 Å². The average Bonchev–Trinajstić information content (AvgIpc) is 2.37. The molecule has 1 aromatic carbocycles. The number of piperidine rings is 1. The molecule has 1 aliphatic heterocycles. The Hall–Kier alpha value is -1.72. The lowest BCUT2D eigenvalue weighted by molar-refractivity contribution is -0.137. The molecule has 0 amide bonds. The highest BCUT2D eigenvalue weighted by Gasteiger charge is 2.34. The summed E-state index contributed by atoms with van der Waals surface area (Å²) in [5.41, 5.74) is 5.19. The molecule has 2 rings (SSSR count). The first-order chi connectivity index (χ1) is 9.60. The van der Waals surface area contributed by atoms with Gasteiger partial charge in [-0.15, -0.1) is 0 Å². The van der Waals surface area contributed by atoms with Crippen molar-refractivity contribution in [3.8, 4) is 0 Å². The Kier molecular flexibility index (Phi) is 3.91. The van der Waals surface area contributed by atoms with Crippen molar-refractivity contribution in [2.24, 2.45) is 11.1 Å². The maximum Gasteiger partial charge on any atom is 0.417 e. The summed E-state index contributed by atoms with van der Waals surface area (Å²) in [6.45, 7) is 5.99. The van der Waals surface area contributed by atoms with Gasteiger partial charge in [0.15, 0.2) is 0 Å². The zero-order chi connectivity index (χ0) is 15.8. The highest BCUT2D eigenvalue weighted by Crippen LogP contribution is 2.36. The summed E-state index contributed by atoms with van der Waals surface area (Å²) >= 11 is 0. The summed E-state index contributed by atoms with van der Waals surface area (Å²) < 4.78 is 38.8. The van der Waals surface area contributed by atoms with Gasteiger partial charge in [0.25, 0.3) is 0 Å². The molecule has 0 radical (unpaired) electrons. The van der Waals surface area contributed by atoms with E-state index in [9.17, 15) is 13.2 Å². The quantitative estimate of drug-likeness (QED) is 0.647. The van der Waals surface area contributed by atoms with Crippen molar-refractivity contribution in [1.82, 2.24) is 0 Å². The molecule has 6 heteroatoms. The summed E-state index contributed by atoms with van der Waals surface area (Å²) in [6, 6.07) is 3.86. The molecule has 0 saturated carbocycles. The smallest absolute Gasteiger partial charge is 0.384 e. The van der Waals surface area contributed by atoms with Crippen molar-refractivity contribution in [3.63, 3.8) is 0 Å². The fourth-order valence-electron chi connectivity index (χ4n) is 2.57. The Bertz CT molecular complexity index is 540. The molecule has 3 N–H and O–H groups in total. The average molecular weight is 299 g/mol. The van der Waals surface area contributed by atoms with Gasteiger partial charge in [-0.2, -0.15) is 13.2 Å². The first-order valence-corrected chi connectivity index (χ1v) is 6.91. The SMILES string of the molecule is CC1(C)CCN(c2ccc(C(F)(F)F)c(C(=N)N)c2)CC1. The third-order valence-corrected chi connectivity index (χ3v) is 4.08. The molecule has 0 unspecified atom stereocenters.